The molecule has 0 bridgehead atoms. The van der Waals surface area contributed by atoms with Gasteiger partial charge in [-0.05, 0) is 59.8 Å². The Bertz CT molecular complexity index is 680. The lowest BCUT2D eigenvalue weighted by atomic mass is 10.0. The molecule has 2 aromatic rings. The fraction of sp³-hybridized carbons (Fsp3) is 0.500. The van der Waals surface area contributed by atoms with Crippen LogP contribution in [0.25, 0.3) is 0 Å². The summed E-state index contributed by atoms with van der Waals surface area (Å²) >= 11 is 3.50. The maximum atomic E-state index is 10.3. The Balaban J connectivity index is 2.03. The van der Waals surface area contributed by atoms with Gasteiger partial charge in [0.05, 0.1) is 16.7 Å². The summed E-state index contributed by atoms with van der Waals surface area (Å²) in [6.45, 7) is 10.9. The van der Waals surface area contributed by atoms with Crippen molar-refractivity contribution in [2.75, 3.05) is 6.61 Å². The monoisotopic (exact) mass is 380 g/mol. The minimum atomic E-state index is -0.611. The first-order valence-corrected chi connectivity index (χ1v) is 8.69. The normalized spacial score (nSPS) is 12.7. The van der Waals surface area contributed by atoms with Gasteiger partial charge in [-0.3, -0.25) is 4.68 Å². The molecule has 0 aliphatic heterocycles. The van der Waals surface area contributed by atoms with E-state index in [1.807, 2.05) is 31.5 Å². The molecule has 1 aromatic carbocycles. The molecule has 1 aromatic heterocycles. The molecule has 0 unspecified atom stereocenters. The van der Waals surface area contributed by atoms with Gasteiger partial charge >= 0.3 is 0 Å². The fourth-order valence-electron chi connectivity index (χ4n) is 2.53. The molecular formula is C18H25BrN2O2. The summed E-state index contributed by atoms with van der Waals surface area (Å²) < 4.78 is 8.69. The van der Waals surface area contributed by atoms with Gasteiger partial charge in [0.1, 0.15) is 18.5 Å². The van der Waals surface area contributed by atoms with E-state index in [-0.39, 0.29) is 6.61 Å². The average molecular weight is 381 g/mol. The van der Waals surface area contributed by atoms with E-state index in [0.29, 0.717) is 12.5 Å². The zero-order valence-corrected chi connectivity index (χ0v) is 16.0. The van der Waals surface area contributed by atoms with E-state index in [0.717, 1.165) is 32.7 Å². The van der Waals surface area contributed by atoms with Crippen molar-refractivity contribution >= 4 is 15.9 Å². The van der Waals surface area contributed by atoms with Gasteiger partial charge in [0, 0.05) is 5.69 Å². The molecule has 0 spiro atoms. The smallest absolute Gasteiger partial charge is 0.123 e. The third-order valence-corrected chi connectivity index (χ3v) is 5.05. The van der Waals surface area contributed by atoms with E-state index in [9.17, 15) is 5.11 Å². The van der Waals surface area contributed by atoms with Crippen molar-refractivity contribution in [1.82, 2.24) is 9.78 Å². The Hall–Kier alpha value is -1.33. The van der Waals surface area contributed by atoms with Gasteiger partial charge in [0.25, 0.3) is 0 Å². The molecule has 1 N–H and O–H groups in total. The highest BCUT2D eigenvalue weighted by molar-refractivity contribution is 9.10. The van der Waals surface area contributed by atoms with Crippen molar-refractivity contribution in [3.63, 3.8) is 0 Å². The molecule has 1 atom stereocenters. The second-order valence-electron chi connectivity index (χ2n) is 6.33. The van der Waals surface area contributed by atoms with Crippen molar-refractivity contribution in [3.8, 4) is 5.75 Å². The van der Waals surface area contributed by atoms with Gasteiger partial charge in [0.2, 0.25) is 0 Å². The summed E-state index contributed by atoms with van der Waals surface area (Å²) in [5.74, 6) is 1.24. The number of rotatable bonds is 6. The third kappa shape index (κ3) is 4.36. The highest BCUT2D eigenvalue weighted by atomic mass is 79.9. The Labute approximate surface area is 146 Å². The number of nitrogens with zero attached hydrogens (tertiary/aromatic N) is 2. The maximum Gasteiger partial charge on any atom is 0.123 e. The lowest BCUT2D eigenvalue weighted by Gasteiger charge is -2.18. The zero-order valence-electron chi connectivity index (χ0n) is 14.4. The molecule has 23 heavy (non-hydrogen) atoms. The predicted octanol–water partition coefficient (Wildman–Crippen LogP) is 4.13. The maximum absolute atomic E-state index is 10.3. The van der Waals surface area contributed by atoms with Crippen LogP contribution in [0.5, 0.6) is 5.75 Å². The van der Waals surface area contributed by atoms with Crippen LogP contribution in [0.3, 0.4) is 0 Å². The van der Waals surface area contributed by atoms with Gasteiger partial charge in [-0.25, -0.2) is 0 Å². The number of aromatic nitrogens is 2. The average Bonchev–Trinajstić information content (AvgIpc) is 2.72. The molecule has 0 aliphatic carbocycles. The Morgan fingerprint density at radius 1 is 1.26 bits per heavy atom. The Morgan fingerprint density at radius 3 is 2.52 bits per heavy atom. The minimum Gasteiger partial charge on any atom is -0.491 e. The Kier molecular flexibility index (Phi) is 5.87. The van der Waals surface area contributed by atoms with Gasteiger partial charge < -0.3 is 9.84 Å². The molecule has 0 amide bonds. The number of hydrogen-bond acceptors (Lipinski definition) is 3. The molecule has 0 aliphatic rings. The van der Waals surface area contributed by atoms with Crippen LogP contribution in [-0.4, -0.2) is 27.6 Å². The van der Waals surface area contributed by atoms with Gasteiger partial charge in [0.15, 0.2) is 0 Å². The van der Waals surface area contributed by atoms with Gasteiger partial charge in [-0.15, -0.1) is 0 Å². The largest absolute Gasteiger partial charge is 0.491 e. The first kappa shape index (κ1) is 18.0. The van der Waals surface area contributed by atoms with E-state index in [1.165, 1.54) is 0 Å². The first-order valence-electron chi connectivity index (χ1n) is 7.90. The van der Waals surface area contributed by atoms with Crippen molar-refractivity contribution in [3.05, 3.63) is 45.2 Å². The summed E-state index contributed by atoms with van der Waals surface area (Å²) in [6, 6.07) is 6.22. The summed E-state index contributed by atoms with van der Waals surface area (Å²) in [5.41, 5.74) is 4.26. The van der Waals surface area contributed by atoms with E-state index in [2.05, 4.69) is 47.0 Å². The molecular weight excluding hydrogens is 356 g/mol. The highest BCUT2D eigenvalue weighted by Crippen LogP contribution is 2.27. The number of aliphatic hydroxyl groups excluding tert-OH is 1. The Morgan fingerprint density at radius 2 is 1.96 bits per heavy atom. The van der Waals surface area contributed by atoms with Crippen molar-refractivity contribution < 1.29 is 9.84 Å². The lowest BCUT2D eigenvalue weighted by Crippen LogP contribution is -2.25. The van der Waals surface area contributed by atoms with Gasteiger partial charge in [-0.2, -0.15) is 5.10 Å². The summed E-state index contributed by atoms with van der Waals surface area (Å²) in [4.78, 5) is 0. The third-order valence-electron chi connectivity index (χ3n) is 3.90. The second-order valence-corrected chi connectivity index (χ2v) is 7.12. The molecule has 0 saturated carbocycles. The number of aryl methyl sites for hydroxylation is 2. The molecule has 5 heteroatoms. The molecule has 2 rings (SSSR count). The van der Waals surface area contributed by atoms with Crippen LogP contribution in [0.15, 0.2) is 22.7 Å². The number of hydrogen-bond donors (Lipinski definition) is 1. The van der Waals surface area contributed by atoms with Crippen LogP contribution in [0.1, 0.15) is 42.3 Å². The SMILES string of the molecule is Cc1ccc(C(C)C)c(OC[C@@H](O)Cn2nc(C)c(Br)c2C)c1. The quantitative estimate of drug-likeness (QED) is 0.818. The van der Waals surface area contributed by atoms with Crippen LogP contribution in [0.2, 0.25) is 0 Å². The number of ether oxygens (including phenoxy) is 1. The van der Waals surface area contributed by atoms with E-state index < -0.39 is 6.10 Å². The summed E-state index contributed by atoms with van der Waals surface area (Å²) in [5, 5.41) is 14.7. The van der Waals surface area contributed by atoms with Crippen LogP contribution in [-0.2, 0) is 6.54 Å². The number of halogens is 1. The molecule has 4 nitrogen and oxygen atoms in total. The van der Waals surface area contributed by atoms with Crippen molar-refractivity contribution in [1.29, 1.82) is 0 Å². The topological polar surface area (TPSA) is 47.3 Å². The first-order chi connectivity index (χ1) is 10.8. The van der Waals surface area contributed by atoms with Crippen LogP contribution >= 0.6 is 15.9 Å². The van der Waals surface area contributed by atoms with E-state index in [1.54, 1.807) is 0 Å². The predicted molar refractivity (Wildman–Crippen MR) is 96.2 cm³/mol. The molecule has 0 saturated heterocycles. The number of benzene rings is 1. The summed E-state index contributed by atoms with van der Waals surface area (Å²) in [7, 11) is 0. The minimum absolute atomic E-state index is 0.249. The highest BCUT2D eigenvalue weighted by Gasteiger charge is 2.15. The summed E-state index contributed by atoms with van der Waals surface area (Å²) in [6.07, 6.45) is -0.611. The standard InChI is InChI=1S/C18H25BrN2O2/c1-11(2)16-7-6-12(3)8-17(16)23-10-15(22)9-21-14(5)18(19)13(4)20-21/h6-8,11,15,22H,9-10H2,1-5H3/t15-/m0/s1. The fourth-order valence-corrected chi connectivity index (χ4v) is 2.82. The van der Waals surface area contributed by atoms with Crippen LogP contribution in [0, 0.1) is 20.8 Å². The zero-order chi connectivity index (χ0) is 17.1. The van der Waals surface area contributed by atoms with E-state index >= 15 is 0 Å². The van der Waals surface area contributed by atoms with Crippen LogP contribution in [0.4, 0.5) is 0 Å². The van der Waals surface area contributed by atoms with Crippen LogP contribution < -0.4 is 4.74 Å². The number of aliphatic hydroxyl groups is 1. The lowest BCUT2D eigenvalue weighted by molar-refractivity contribution is 0.0881. The second kappa shape index (κ2) is 7.49. The molecule has 1 heterocycles. The molecule has 0 radical (unpaired) electrons. The van der Waals surface area contributed by atoms with Crippen molar-refractivity contribution in [2.24, 2.45) is 0 Å². The van der Waals surface area contributed by atoms with E-state index in [4.69, 9.17) is 4.74 Å². The van der Waals surface area contributed by atoms with Crippen molar-refractivity contribution in [2.45, 2.75) is 53.2 Å². The van der Waals surface area contributed by atoms with Gasteiger partial charge in [-0.1, -0.05) is 26.0 Å². The molecule has 126 valence electrons. The molecule has 0 fully saturated rings.